The van der Waals surface area contributed by atoms with Crippen molar-refractivity contribution in [3.05, 3.63) is 35.9 Å². The van der Waals surface area contributed by atoms with Gasteiger partial charge in [0, 0.05) is 12.6 Å². The molecular weight excluding hydrogens is 320 g/mol. The molecule has 0 saturated carbocycles. The molecule has 0 aromatic heterocycles. The van der Waals surface area contributed by atoms with Crippen molar-refractivity contribution in [1.29, 1.82) is 0 Å². The molecule has 1 aliphatic rings. The molecule has 2 atom stereocenters. The average molecular weight is 343 g/mol. The molecule has 1 aliphatic heterocycles. The van der Waals surface area contributed by atoms with Crippen molar-refractivity contribution >= 4 is 24.5 Å². The average Bonchev–Trinajstić information content (AvgIpc) is 2.52. The number of hydrogen-bond donors (Lipinski definition) is 1. The molecule has 0 aliphatic carbocycles. The molecule has 1 heterocycles. The molecule has 7 heteroatoms. The fourth-order valence-corrected chi connectivity index (χ4v) is 2.74. The van der Waals surface area contributed by atoms with E-state index in [4.69, 9.17) is 15.2 Å². The van der Waals surface area contributed by atoms with Gasteiger partial charge in [-0.3, -0.25) is 4.79 Å². The maximum atomic E-state index is 12.2. The molecule has 2 N–H and O–H groups in total. The number of likely N-dealkylation sites (tertiary alicyclic amines) is 1. The SMILES string of the molecule is COC(=O)[C@@]1(N)CCN(C(=O)OCc2ccccc2)[C@@H](C)C1.Cl. The number of halogens is 1. The number of nitrogens with zero attached hydrogens (tertiary/aromatic N) is 1. The van der Waals surface area contributed by atoms with Crippen molar-refractivity contribution in [2.75, 3.05) is 13.7 Å². The number of carbonyl (C=O) groups is 2. The van der Waals surface area contributed by atoms with Crippen LogP contribution in [0, 0.1) is 0 Å². The van der Waals surface area contributed by atoms with Crippen LogP contribution in [0.5, 0.6) is 0 Å². The van der Waals surface area contributed by atoms with Gasteiger partial charge in [0.15, 0.2) is 0 Å². The van der Waals surface area contributed by atoms with Crippen LogP contribution >= 0.6 is 12.4 Å². The van der Waals surface area contributed by atoms with Gasteiger partial charge < -0.3 is 20.1 Å². The second-order valence-electron chi connectivity index (χ2n) is 5.68. The minimum atomic E-state index is -1.02. The summed E-state index contributed by atoms with van der Waals surface area (Å²) in [6.45, 7) is 2.46. The molecular formula is C16H23ClN2O4. The Kier molecular flexibility index (Phi) is 6.84. The second kappa shape index (κ2) is 8.17. The molecule has 1 aromatic rings. The monoisotopic (exact) mass is 342 g/mol. The zero-order valence-electron chi connectivity index (χ0n) is 13.4. The molecule has 1 aromatic carbocycles. The van der Waals surface area contributed by atoms with Crippen LogP contribution in [0.3, 0.4) is 0 Å². The van der Waals surface area contributed by atoms with Crippen LogP contribution in [0.25, 0.3) is 0 Å². The van der Waals surface area contributed by atoms with Crippen molar-refractivity contribution in [2.24, 2.45) is 5.73 Å². The fourth-order valence-electron chi connectivity index (χ4n) is 2.74. The van der Waals surface area contributed by atoms with Gasteiger partial charge >= 0.3 is 12.1 Å². The molecule has 128 valence electrons. The quantitative estimate of drug-likeness (QED) is 0.851. The Morgan fingerprint density at radius 2 is 2.00 bits per heavy atom. The normalized spacial score (nSPS) is 23.6. The summed E-state index contributed by atoms with van der Waals surface area (Å²) in [5.74, 6) is -0.434. The van der Waals surface area contributed by atoms with E-state index < -0.39 is 11.5 Å². The van der Waals surface area contributed by atoms with E-state index in [0.29, 0.717) is 19.4 Å². The summed E-state index contributed by atoms with van der Waals surface area (Å²) < 4.78 is 10.1. The molecule has 23 heavy (non-hydrogen) atoms. The highest BCUT2D eigenvalue weighted by atomic mass is 35.5. The van der Waals surface area contributed by atoms with E-state index in [2.05, 4.69) is 0 Å². The van der Waals surface area contributed by atoms with Gasteiger partial charge in [0.05, 0.1) is 7.11 Å². The Bertz CT molecular complexity index is 540. The van der Waals surface area contributed by atoms with Crippen LogP contribution in [-0.2, 0) is 20.9 Å². The molecule has 0 radical (unpaired) electrons. The van der Waals surface area contributed by atoms with Crippen molar-refractivity contribution in [3.8, 4) is 0 Å². The number of carbonyl (C=O) groups excluding carboxylic acids is 2. The smallest absolute Gasteiger partial charge is 0.410 e. The molecule has 6 nitrogen and oxygen atoms in total. The van der Waals surface area contributed by atoms with Crippen molar-refractivity contribution in [1.82, 2.24) is 4.90 Å². The van der Waals surface area contributed by atoms with Crippen molar-refractivity contribution in [2.45, 2.75) is 38.0 Å². The molecule has 0 bridgehead atoms. The van der Waals surface area contributed by atoms with Gasteiger partial charge in [0.2, 0.25) is 0 Å². The van der Waals surface area contributed by atoms with Crippen LogP contribution in [0.2, 0.25) is 0 Å². The van der Waals surface area contributed by atoms with E-state index >= 15 is 0 Å². The lowest BCUT2D eigenvalue weighted by molar-refractivity contribution is -0.149. The van der Waals surface area contributed by atoms with Crippen LogP contribution in [0.1, 0.15) is 25.3 Å². The first kappa shape index (κ1) is 19.3. The Morgan fingerprint density at radius 1 is 1.35 bits per heavy atom. The van der Waals surface area contributed by atoms with E-state index in [9.17, 15) is 9.59 Å². The zero-order valence-corrected chi connectivity index (χ0v) is 14.2. The molecule has 1 saturated heterocycles. The number of piperidine rings is 1. The van der Waals surface area contributed by atoms with E-state index in [1.807, 2.05) is 37.3 Å². The first-order valence-electron chi connectivity index (χ1n) is 7.31. The number of esters is 1. The Labute approximate surface area is 142 Å². The minimum absolute atomic E-state index is 0. The summed E-state index contributed by atoms with van der Waals surface area (Å²) in [6.07, 6.45) is 0.341. The number of ether oxygens (including phenoxy) is 2. The maximum Gasteiger partial charge on any atom is 0.410 e. The molecule has 2 rings (SSSR count). The van der Waals surface area contributed by atoms with Crippen LogP contribution < -0.4 is 5.73 Å². The van der Waals surface area contributed by atoms with E-state index in [0.717, 1.165) is 5.56 Å². The van der Waals surface area contributed by atoms with E-state index in [1.54, 1.807) is 4.90 Å². The minimum Gasteiger partial charge on any atom is -0.468 e. The summed E-state index contributed by atoms with van der Waals surface area (Å²) >= 11 is 0. The first-order valence-corrected chi connectivity index (χ1v) is 7.31. The van der Waals surface area contributed by atoms with Gasteiger partial charge in [-0.25, -0.2) is 4.79 Å². The van der Waals surface area contributed by atoms with Gasteiger partial charge in [-0.1, -0.05) is 30.3 Å². The summed E-state index contributed by atoms with van der Waals surface area (Å²) in [4.78, 5) is 25.5. The van der Waals surface area contributed by atoms with Gasteiger partial charge in [0.1, 0.15) is 12.1 Å². The Hall–Kier alpha value is -1.79. The Balaban J connectivity index is 0.00000264. The predicted molar refractivity (Wildman–Crippen MR) is 88.2 cm³/mol. The third-order valence-corrected chi connectivity index (χ3v) is 4.02. The lowest BCUT2D eigenvalue weighted by Crippen LogP contribution is -2.60. The second-order valence-corrected chi connectivity index (χ2v) is 5.68. The standard InChI is InChI=1S/C16H22N2O4.ClH/c1-12-10-16(17,14(19)21-2)8-9-18(12)15(20)22-11-13-6-4-3-5-7-13;/h3-7,12H,8-11,17H2,1-2H3;1H/t12-,16+;/m0./s1. The summed E-state index contributed by atoms with van der Waals surface area (Å²) in [5, 5.41) is 0. The summed E-state index contributed by atoms with van der Waals surface area (Å²) in [7, 11) is 1.32. The number of nitrogens with two attached hydrogens (primary N) is 1. The zero-order chi connectivity index (χ0) is 16.2. The summed E-state index contributed by atoms with van der Waals surface area (Å²) in [5.41, 5.74) is 5.99. The highest BCUT2D eigenvalue weighted by Crippen LogP contribution is 2.26. The van der Waals surface area contributed by atoms with E-state index in [-0.39, 0.29) is 31.1 Å². The van der Waals surface area contributed by atoms with Gasteiger partial charge in [-0.05, 0) is 25.3 Å². The van der Waals surface area contributed by atoms with Crippen molar-refractivity contribution < 1.29 is 19.1 Å². The number of hydrogen-bond acceptors (Lipinski definition) is 5. The third-order valence-electron chi connectivity index (χ3n) is 4.02. The predicted octanol–water partition coefficient (Wildman–Crippen LogP) is 2.10. The van der Waals surface area contributed by atoms with Crippen LogP contribution in [-0.4, -0.2) is 42.2 Å². The number of benzene rings is 1. The number of methoxy groups -OCH3 is 1. The number of amides is 1. The van der Waals surface area contributed by atoms with Gasteiger partial charge in [0.25, 0.3) is 0 Å². The molecule has 0 unspecified atom stereocenters. The largest absolute Gasteiger partial charge is 0.468 e. The first-order chi connectivity index (χ1) is 10.5. The van der Waals surface area contributed by atoms with Gasteiger partial charge in [-0.15, -0.1) is 12.4 Å². The summed E-state index contributed by atoms with van der Waals surface area (Å²) in [6, 6.07) is 9.31. The molecule has 1 amide bonds. The lowest BCUT2D eigenvalue weighted by atomic mass is 9.85. The maximum absolute atomic E-state index is 12.2. The number of rotatable bonds is 3. The molecule has 0 spiro atoms. The fraction of sp³-hybridized carbons (Fsp3) is 0.500. The van der Waals surface area contributed by atoms with Gasteiger partial charge in [-0.2, -0.15) is 0 Å². The van der Waals surface area contributed by atoms with Crippen LogP contribution in [0.15, 0.2) is 30.3 Å². The topological polar surface area (TPSA) is 81.9 Å². The van der Waals surface area contributed by atoms with Crippen molar-refractivity contribution in [3.63, 3.8) is 0 Å². The highest BCUT2D eigenvalue weighted by molar-refractivity contribution is 5.85. The van der Waals surface area contributed by atoms with E-state index in [1.165, 1.54) is 7.11 Å². The highest BCUT2D eigenvalue weighted by Gasteiger charge is 2.43. The Morgan fingerprint density at radius 3 is 2.57 bits per heavy atom. The third kappa shape index (κ3) is 4.59. The van der Waals surface area contributed by atoms with Crippen LogP contribution in [0.4, 0.5) is 4.79 Å². The lowest BCUT2D eigenvalue weighted by Gasteiger charge is -2.41. The molecule has 1 fully saturated rings.